The van der Waals surface area contributed by atoms with Gasteiger partial charge in [0.25, 0.3) is 0 Å². The molecule has 29 heavy (non-hydrogen) atoms. The molecular formula is C24H36O5. The van der Waals surface area contributed by atoms with Gasteiger partial charge in [-0.3, -0.25) is 14.4 Å². The number of esters is 1. The molecule has 0 aromatic carbocycles. The van der Waals surface area contributed by atoms with Gasteiger partial charge < -0.3 is 9.84 Å². The third kappa shape index (κ3) is 2.86. The van der Waals surface area contributed by atoms with Crippen LogP contribution in [-0.2, 0) is 19.1 Å². The first-order valence-electron chi connectivity index (χ1n) is 11.4. The summed E-state index contributed by atoms with van der Waals surface area (Å²) in [6, 6.07) is 0. The maximum absolute atomic E-state index is 13.1. The SMILES string of the molecule is CC(=O)OCC(=O)[C@@]1(O)[C@H](C)C[C@@H]2[C@@H]3CC[C@@H]4CC(=O)CC[C@]4(C)[C@@H]3CC[C@@]21C. The maximum Gasteiger partial charge on any atom is 0.303 e. The first-order chi connectivity index (χ1) is 13.5. The minimum atomic E-state index is -1.43. The molecule has 0 heterocycles. The van der Waals surface area contributed by atoms with Gasteiger partial charge >= 0.3 is 5.97 Å². The zero-order valence-corrected chi connectivity index (χ0v) is 18.3. The zero-order chi connectivity index (χ0) is 21.2. The Morgan fingerprint density at radius 2 is 1.86 bits per heavy atom. The Morgan fingerprint density at radius 1 is 1.14 bits per heavy atom. The van der Waals surface area contributed by atoms with E-state index in [4.69, 9.17) is 4.74 Å². The molecule has 4 aliphatic rings. The largest absolute Gasteiger partial charge is 0.458 e. The summed E-state index contributed by atoms with van der Waals surface area (Å²) in [5.41, 5.74) is -1.69. The fraction of sp³-hybridized carbons (Fsp3) is 0.875. The molecule has 0 unspecified atom stereocenters. The number of ether oxygens (including phenoxy) is 1. The zero-order valence-electron chi connectivity index (χ0n) is 18.3. The molecule has 4 aliphatic carbocycles. The Hall–Kier alpha value is -1.23. The van der Waals surface area contributed by atoms with E-state index in [-0.39, 0.29) is 23.7 Å². The number of carbonyl (C=O) groups is 3. The summed E-state index contributed by atoms with van der Waals surface area (Å²) >= 11 is 0. The molecule has 0 amide bonds. The highest BCUT2D eigenvalue weighted by molar-refractivity contribution is 5.91. The van der Waals surface area contributed by atoms with Gasteiger partial charge in [0.05, 0.1) is 0 Å². The average Bonchev–Trinajstić information content (AvgIpc) is 2.88. The van der Waals surface area contributed by atoms with Crippen LogP contribution < -0.4 is 0 Å². The van der Waals surface area contributed by atoms with Gasteiger partial charge in [0.15, 0.2) is 6.61 Å². The first-order valence-corrected chi connectivity index (χ1v) is 11.4. The van der Waals surface area contributed by atoms with Gasteiger partial charge in [-0.1, -0.05) is 20.8 Å². The minimum absolute atomic E-state index is 0.141. The predicted octanol–water partition coefficient (Wildman–Crippen LogP) is 3.71. The Labute approximate surface area is 174 Å². The van der Waals surface area contributed by atoms with Crippen LogP contribution >= 0.6 is 0 Å². The summed E-state index contributed by atoms with van der Waals surface area (Å²) in [6.45, 7) is 7.44. The van der Waals surface area contributed by atoms with E-state index in [0.29, 0.717) is 35.9 Å². The number of ketones is 2. The van der Waals surface area contributed by atoms with Crippen LogP contribution in [0.2, 0.25) is 0 Å². The van der Waals surface area contributed by atoms with E-state index in [0.717, 1.165) is 44.9 Å². The molecule has 8 atom stereocenters. The van der Waals surface area contributed by atoms with Crippen LogP contribution in [-0.4, -0.2) is 34.9 Å². The molecule has 4 saturated carbocycles. The summed E-state index contributed by atoms with van der Waals surface area (Å²) in [4.78, 5) is 36.3. The molecule has 0 aliphatic heterocycles. The van der Waals surface area contributed by atoms with Crippen molar-refractivity contribution in [1.82, 2.24) is 0 Å². The Bertz CT molecular complexity index is 731. The highest BCUT2D eigenvalue weighted by Crippen LogP contribution is 2.69. The standard InChI is InChI=1S/C24H36O5/c1-14-11-20-18-6-5-16-12-17(26)7-9-22(16,3)19(18)8-10-23(20,4)24(14,28)21(27)13-29-15(2)25/h14,16,18-20,28H,5-13H2,1-4H3/t14-,16-,18-,19-,20-,22+,23+,24+/m1/s1. The molecule has 4 fully saturated rings. The molecule has 0 spiro atoms. The van der Waals surface area contributed by atoms with Gasteiger partial charge in [0, 0.05) is 25.2 Å². The second-order valence-electron chi connectivity index (χ2n) is 11.0. The van der Waals surface area contributed by atoms with E-state index in [1.54, 1.807) is 0 Å². The van der Waals surface area contributed by atoms with E-state index in [9.17, 15) is 19.5 Å². The van der Waals surface area contributed by atoms with Crippen molar-refractivity contribution in [2.75, 3.05) is 6.61 Å². The molecule has 5 heteroatoms. The number of Topliss-reactive ketones (excluding diaryl/α,β-unsaturated/α-hetero) is 2. The van der Waals surface area contributed by atoms with Gasteiger partial charge in [-0.25, -0.2) is 0 Å². The molecule has 5 nitrogen and oxygen atoms in total. The van der Waals surface area contributed by atoms with Crippen LogP contribution in [0.3, 0.4) is 0 Å². The van der Waals surface area contributed by atoms with E-state index in [1.807, 2.05) is 6.92 Å². The van der Waals surface area contributed by atoms with E-state index in [1.165, 1.54) is 6.92 Å². The average molecular weight is 405 g/mol. The van der Waals surface area contributed by atoms with Gasteiger partial charge in [0.2, 0.25) is 5.78 Å². The summed E-state index contributed by atoms with van der Waals surface area (Å²) < 4.78 is 4.98. The van der Waals surface area contributed by atoms with Crippen molar-refractivity contribution in [2.24, 2.45) is 40.4 Å². The lowest BCUT2D eigenvalue weighted by atomic mass is 9.44. The van der Waals surface area contributed by atoms with Gasteiger partial charge in [-0.05, 0) is 73.5 Å². The third-order valence-electron chi connectivity index (χ3n) is 9.89. The van der Waals surface area contributed by atoms with Crippen molar-refractivity contribution in [3.05, 3.63) is 0 Å². The quantitative estimate of drug-likeness (QED) is 0.725. The van der Waals surface area contributed by atoms with Gasteiger partial charge in [0.1, 0.15) is 11.4 Å². The third-order valence-corrected chi connectivity index (χ3v) is 9.89. The number of hydrogen-bond acceptors (Lipinski definition) is 5. The van der Waals surface area contributed by atoms with Crippen molar-refractivity contribution < 1.29 is 24.2 Å². The van der Waals surface area contributed by atoms with E-state index in [2.05, 4.69) is 13.8 Å². The fourth-order valence-corrected chi connectivity index (χ4v) is 8.26. The van der Waals surface area contributed by atoms with Gasteiger partial charge in [-0.15, -0.1) is 0 Å². The minimum Gasteiger partial charge on any atom is -0.458 e. The van der Waals surface area contributed by atoms with Crippen LogP contribution in [0, 0.1) is 40.4 Å². The Kier molecular flexibility index (Phi) is 5.00. The van der Waals surface area contributed by atoms with Gasteiger partial charge in [-0.2, -0.15) is 0 Å². The topological polar surface area (TPSA) is 80.7 Å². The molecule has 1 N–H and O–H groups in total. The van der Waals surface area contributed by atoms with E-state index >= 15 is 0 Å². The maximum atomic E-state index is 13.1. The summed E-state index contributed by atoms with van der Waals surface area (Å²) in [6.07, 6.45) is 7.30. The highest BCUT2D eigenvalue weighted by Gasteiger charge is 2.69. The molecule has 0 saturated heterocycles. The van der Waals surface area contributed by atoms with Crippen LogP contribution in [0.5, 0.6) is 0 Å². The Morgan fingerprint density at radius 3 is 2.55 bits per heavy atom. The van der Waals surface area contributed by atoms with Crippen molar-refractivity contribution in [2.45, 2.75) is 84.7 Å². The van der Waals surface area contributed by atoms with Crippen molar-refractivity contribution in [3.63, 3.8) is 0 Å². The highest BCUT2D eigenvalue weighted by atomic mass is 16.5. The number of carbonyl (C=O) groups excluding carboxylic acids is 3. The number of aliphatic hydroxyl groups is 1. The molecule has 0 aromatic rings. The second-order valence-corrected chi connectivity index (χ2v) is 11.0. The first kappa shape index (κ1) is 21.0. The van der Waals surface area contributed by atoms with Crippen LogP contribution in [0.1, 0.15) is 79.1 Å². The lowest BCUT2D eigenvalue weighted by Crippen LogP contribution is -2.60. The molecule has 162 valence electrons. The second kappa shape index (κ2) is 6.90. The van der Waals surface area contributed by atoms with Crippen molar-refractivity contribution in [1.29, 1.82) is 0 Å². The molecular weight excluding hydrogens is 368 g/mol. The molecule has 0 aromatic heterocycles. The smallest absolute Gasteiger partial charge is 0.303 e. The van der Waals surface area contributed by atoms with E-state index < -0.39 is 17.0 Å². The van der Waals surface area contributed by atoms with Crippen LogP contribution in [0.15, 0.2) is 0 Å². The number of hydrogen-bond donors (Lipinski definition) is 1. The summed E-state index contributed by atoms with van der Waals surface area (Å²) in [5, 5.41) is 11.7. The molecule has 0 radical (unpaired) electrons. The van der Waals surface area contributed by atoms with Crippen LogP contribution in [0.4, 0.5) is 0 Å². The summed E-state index contributed by atoms with van der Waals surface area (Å²) in [7, 11) is 0. The lowest BCUT2D eigenvalue weighted by Gasteiger charge is -2.60. The molecule has 0 bridgehead atoms. The normalized spacial score (nSPS) is 49.0. The monoisotopic (exact) mass is 404 g/mol. The van der Waals surface area contributed by atoms with Crippen LogP contribution in [0.25, 0.3) is 0 Å². The van der Waals surface area contributed by atoms with Crippen molar-refractivity contribution >= 4 is 17.5 Å². The number of rotatable bonds is 3. The Balaban J connectivity index is 1.62. The lowest BCUT2D eigenvalue weighted by molar-refractivity contribution is -0.179. The van der Waals surface area contributed by atoms with Crippen molar-refractivity contribution in [3.8, 4) is 0 Å². The fourth-order valence-electron chi connectivity index (χ4n) is 8.26. The number of fused-ring (bicyclic) bond motifs is 5. The molecule has 4 rings (SSSR count). The predicted molar refractivity (Wildman–Crippen MR) is 108 cm³/mol. The summed E-state index contributed by atoms with van der Waals surface area (Å²) in [5.74, 6) is 1.33.